The van der Waals surface area contributed by atoms with Crippen LogP contribution in [0.3, 0.4) is 0 Å². The van der Waals surface area contributed by atoms with Crippen LogP contribution in [-0.2, 0) is 21.2 Å². The second kappa shape index (κ2) is 9.51. The highest BCUT2D eigenvalue weighted by molar-refractivity contribution is 7.92. The molecule has 2 aromatic carbocycles. The van der Waals surface area contributed by atoms with Gasteiger partial charge in [0, 0.05) is 18.7 Å². The Morgan fingerprint density at radius 2 is 1.86 bits per heavy atom. The summed E-state index contributed by atoms with van der Waals surface area (Å²) in [6, 6.07) is 12.6. The van der Waals surface area contributed by atoms with E-state index in [1.807, 2.05) is 30.3 Å². The number of nitrogens with zero attached hydrogens (tertiary/aromatic N) is 2. The lowest BCUT2D eigenvalue weighted by Crippen LogP contribution is -2.49. The average molecular weight is 420 g/mol. The van der Waals surface area contributed by atoms with Crippen molar-refractivity contribution in [1.29, 1.82) is 0 Å². The number of anilines is 1. The Kier molecular flexibility index (Phi) is 7.33. The maximum atomic E-state index is 12.8. The first-order chi connectivity index (χ1) is 13.6. The summed E-state index contributed by atoms with van der Waals surface area (Å²) < 4.78 is 26.1. The second-order valence-electron chi connectivity index (χ2n) is 6.74. The van der Waals surface area contributed by atoms with Crippen LogP contribution >= 0.6 is 0 Å². The summed E-state index contributed by atoms with van der Waals surface area (Å²) >= 11 is 0. The molecule has 9 heteroatoms. The first-order valence-electron chi connectivity index (χ1n) is 9.21. The normalized spacial score (nSPS) is 12.2. The number of carbonyl (C=O) groups excluding carboxylic acids is 1. The van der Waals surface area contributed by atoms with Crippen molar-refractivity contribution in [2.45, 2.75) is 32.7 Å². The smallest absolute Gasteiger partial charge is 0.271 e. The van der Waals surface area contributed by atoms with Gasteiger partial charge in [-0.3, -0.25) is 19.2 Å². The van der Waals surface area contributed by atoms with E-state index in [0.717, 1.165) is 16.1 Å². The van der Waals surface area contributed by atoms with Gasteiger partial charge in [0.15, 0.2) is 0 Å². The van der Waals surface area contributed by atoms with Crippen LogP contribution in [0.25, 0.3) is 0 Å². The number of nitro benzene ring substituents is 1. The molecule has 0 radical (unpaired) electrons. The predicted octanol–water partition coefficient (Wildman–Crippen LogP) is 2.81. The van der Waals surface area contributed by atoms with Crippen molar-refractivity contribution in [2.24, 2.45) is 0 Å². The molecule has 0 saturated heterocycles. The highest BCUT2D eigenvalue weighted by Gasteiger charge is 2.33. The zero-order valence-corrected chi connectivity index (χ0v) is 17.5. The molecule has 29 heavy (non-hydrogen) atoms. The van der Waals surface area contributed by atoms with Gasteiger partial charge in [-0.15, -0.1) is 0 Å². The van der Waals surface area contributed by atoms with Crippen molar-refractivity contribution >= 4 is 27.3 Å². The van der Waals surface area contributed by atoms with Crippen LogP contribution in [0.2, 0.25) is 0 Å². The summed E-state index contributed by atoms with van der Waals surface area (Å²) in [7, 11) is -3.87. The molecule has 0 aliphatic carbocycles. The fourth-order valence-electron chi connectivity index (χ4n) is 3.08. The van der Waals surface area contributed by atoms with E-state index in [-0.39, 0.29) is 17.8 Å². The van der Waals surface area contributed by atoms with Crippen LogP contribution in [0.4, 0.5) is 11.4 Å². The third kappa shape index (κ3) is 5.77. The monoisotopic (exact) mass is 419 g/mol. The fraction of sp³-hybridized carbons (Fsp3) is 0.350. The predicted molar refractivity (Wildman–Crippen MR) is 112 cm³/mol. The van der Waals surface area contributed by atoms with Crippen LogP contribution < -0.4 is 9.62 Å². The molecule has 1 amide bonds. The zero-order valence-electron chi connectivity index (χ0n) is 16.7. The summed E-state index contributed by atoms with van der Waals surface area (Å²) in [6.07, 6.45) is 1.81. The van der Waals surface area contributed by atoms with Crippen LogP contribution in [0.1, 0.15) is 24.5 Å². The Balaban J connectivity index is 2.29. The number of amides is 1. The van der Waals surface area contributed by atoms with Gasteiger partial charge in [0.25, 0.3) is 5.69 Å². The quantitative estimate of drug-likeness (QED) is 0.496. The van der Waals surface area contributed by atoms with Crippen LogP contribution in [0.5, 0.6) is 0 Å². The maximum absolute atomic E-state index is 12.8. The molecule has 0 saturated carbocycles. The van der Waals surface area contributed by atoms with Crippen LogP contribution in [-0.4, -0.2) is 38.1 Å². The number of hydrogen-bond donors (Lipinski definition) is 1. The number of non-ortho nitro benzene ring substituents is 1. The summed E-state index contributed by atoms with van der Waals surface area (Å²) in [5, 5.41) is 13.9. The fourth-order valence-corrected chi connectivity index (χ4v) is 4.34. The van der Waals surface area contributed by atoms with Gasteiger partial charge in [0.1, 0.15) is 6.04 Å². The molecule has 2 aromatic rings. The molecule has 0 unspecified atom stereocenters. The van der Waals surface area contributed by atoms with Crippen LogP contribution in [0, 0.1) is 17.0 Å². The SMILES string of the molecule is CC[C@@H](C(=O)NCCc1ccccc1)N(c1cc([N+](=O)[O-])ccc1C)S(C)(=O)=O. The molecule has 0 fully saturated rings. The second-order valence-corrected chi connectivity index (χ2v) is 8.60. The molecule has 0 aliphatic rings. The number of hydrogen-bond acceptors (Lipinski definition) is 5. The van der Waals surface area contributed by atoms with E-state index in [2.05, 4.69) is 5.32 Å². The van der Waals surface area contributed by atoms with E-state index >= 15 is 0 Å². The summed E-state index contributed by atoms with van der Waals surface area (Å²) in [5.74, 6) is -0.445. The number of aryl methyl sites for hydroxylation is 1. The van der Waals surface area contributed by atoms with E-state index in [0.29, 0.717) is 18.5 Å². The first-order valence-corrected chi connectivity index (χ1v) is 11.1. The van der Waals surface area contributed by atoms with Gasteiger partial charge >= 0.3 is 0 Å². The Bertz CT molecular complexity index is 977. The lowest BCUT2D eigenvalue weighted by atomic mass is 10.1. The minimum Gasteiger partial charge on any atom is -0.354 e. The zero-order chi connectivity index (χ0) is 21.6. The van der Waals surface area contributed by atoms with Crippen molar-refractivity contribution in [3.05, 3.63) is 69.8 Å². The third-order valence-electron chi connectivity index (χ3n) is 4.53. The van der Waals surface area contributed by atoms with Crippen LogP contribution in [0.15, 0.2) is 48.5 Å². The summed E-state index contributed by atoms with van der Waals surface area (Å²) in [6.45, 7) is 3.70. The summed E-state index contributed by atoms with van der Waals surface area (Å²) in [5.41, 5.74) is 1.47. The largest absolute Gasteiger partial charge is 0.354 e. The molecule has 156 valence electrons. The van der Waals surface area contributed by atoms with Crippen molar-refractivity contribution < 1.29 is 18.1 Å². The molecule has 2 rings (SSSR count). The van der Waals surface area contributed by atoms with Gasteiger partial charge in [-0.1, -0.05) is 43.3 Å². The minimum absolute atomic E-state index is 0.131. The first kappa shape index (κ1) is 22.4. The van der Waals surface area contributed by atoms with Gasteiger partial charge in [0.05, 0.1) is 16.9 Å². The minimum atomic E-state index is -3.87. The van der Waals surface area contributed by atoms with Crippen molar-refractivity contribution in [3.8, 4) is 0 Å². The molecule has 1 N–H and O–H groups in total. The van der Waals surface area contributed by atoms with E-state index < -0.39 is 26.9 Å². The van der Waals surface area contributed by atoms with Gasteiger partial charge in [-0.2, -0.15) is 0 Å². The van der Waals surface area contributed by atoms with Gasteiger partial charge < -0.3 is 5.32 Å². The van der Waals surface area contributed by atoms with Crippen molar-refractivity contribution in [2.75, 3.05) is 17.1 Å². The van der Waals surface area contributed by atoms with E-state index in [4.69, 9.17) is 0 Å². The Labute approximate surface area is 170 Å². The Morgan fingerprint density at radius 3 is 2.41 bits per heavy atom. The molecule has 0 bridgehead atoms. The Morgan fingerprint density at radius 1 is 1.21 bits per heavy atom. The molecule has 8 nitrogen and oxygen atoms in total. The molecule has 0 heterocycles. The highest BCUT2D eigenvalue weighted by atomic mass is 32.2. The van der Waals surface area contributed by atoms with Gasteiger partial charge in [-0.05, 0) is 30.9 Å². The molecule has 1 atom stereocenters. The van der Waals surface area contributed by atoms with Crippen molar-refractivity contribution in [3.63, 3.8) is 0 Å². The number of carbonyl (C=O) groups is 1. The number of nitro groups is 1. The molecular weight excluding hydrogens is 394 g/mol. The molecule has 0 aliphatic heterocycles. The van der Waals surface area contributed by atoms with Gasteiger partial charge in [0.2, 0.25) is 15.9 Å². The van der Waals surface area contributed by atoms with E-state index in [1.165, 1.54) is 18.2 Å². The third-order valence-corrected chi connectivity index (χ3v) is 5.69. The average Bonchev–Trinajstić information content (AvgIpc) is 2.66. The maximum Gasteiger partial charge on any atom is 0.271 e. The number of benzene rings is 2. The van der Waals surface area contributed by atoms with Crippen molar-refractivity contribution in [1.82, 2.24) is 5.32 Å². The standard InChI is InChI=1S/C20H25N3O5S/c1-4-18(20(24)21-13-12-16-8-6-5-7-9-16)22(29(3,27)28)19-14-17(23(25)26)11-10-15(19)2/h5-11,14,18H,4,12-13H2,1-3H3,(H,21,24)/t18-/m0/s1. The highest BCUT2D eigenvalue weighted by Crippen LogP contribution is 2.30. The lowest BCUT2D eigenvalue weighted by molar-refractivity contribution is -0.384. The molecule has 0 spiro atoms. The number of sulfonamides is 1. The lowest BCUT2D eigenvalue weighted by Gasteiger charge is -2.31. The van der Waals surface area contributed by atoms with E-state index in [9.17, 15) is 23.3 Å². The Hall–Kier alpha value is -2.94. The topological polar surface area (TPSA) is 110 Å². The van der Waals surface area contributed by atoms with E-state index in [1.54, 1.807) is 13.8 Å². The summed E-state index contributed by atoms with van der Waals surface area (Å²) in [4.78, 5) is 23.4. The molecule has 0 aromatic heterocycles. The van der Waals surface area contributed by atoms with Gasteiger partial charge in [-0.25, -0.2) is 8.42 Å². The number of rotatable bonds is 9. The molecular formula is C20H25N3O5S. The number of nitrogens with one attached hydrogen (secondary N) is 1.